The number of nitrogens with one attached hydrogen (secondary N) is 2. The van der Waals surface area contributed by atoms with E-state index in [1.807, 2.05) is 18.2 Å². The van der Waals surface area contributed by atoms with Crippen LogP contribution in [0.15, 0.2) is 41.4 Å². The molecule has 0 bridgehead atoms. The molecule has 2 N–H and O–H groups in total. The van der Waals surface area contributed by atoms with Crippen LogP contribution < -0.4 is 15.4 Å². The molecule has 0 unspecified atom stereocenters. The fourth-order valence-electron chi connectivity index (χ4n) is 2.03. The molecular weight excluding hydrogens is 421 g/mol. The highest BCUT2D eigenvalue weighted by molar-refractivity contribution is 14.0. The second-order valence-electron chi connectivity index (χ2n) is 4.91. The van der Waals surface area contributed by atoms with E-state index in [0.717, 1.165) is 30.4 Å². The van der Waals surface area contributed by atoms with Crippen LogP contribution in [-0.2, 0) is 13.1 Å². The van der Waals surface area contributed by atoms with E-state index in [1.165, 1.54) is 9.75 Å². The summed E-state index contributed by atoms with van der Waals surface area (Å²) >= 11 is 1.81. The van der Waals surface area contributed by atoms with E-state index in [0.29, 0.717) is 6.54 Å². The standard InChI is InChI=1S/C17H23N3OS.HI/c1-4-18-17(20-12-16-9-8-13(2)22-16)19-11-14-6-5-7-15(10-14)21-3;/h5-10H,4,11-12H2,1-3H3,(H2,18,19,20);1H. The van der Waals surface area contributed by atoms with Gasteiger partial charge in [-0.3, -0.25) is 0 Å². The van der Waals surface area contributed by atoms with Crippen LogP contribution in [0.5, 0.6) is 5.75 Å². The zero-order valence-corrected chi connectivity index (χ0v) is 16.9. The predicted molar refractivity (Wildman–Crippen MR) is 109 cm³/mol. The molecule has 0 saturated carbocycles. The molecule has 0 aliphatic heterocycles. The molecule has 2 aromatic rings. The van der Waals surface area contributed by atoms with E-state index in [4.69, 9.17) is 4.74 Å². The summed E-state index contributed by atoms with van der Waals surface area (Å²) in [6.45, 7) is 6.44. The highest BCUT2D eigenvalue weighted by Gasteiger charge is 2.01. The van der Waals surface area contributed by atoms with Crippen LogP contribution in [0.25, 0.3) is 0 Å². The molecule has 0 amide bonds. The molecule has 0 saturated heterocycles. The predicted octanol–water partition coefficient (Wildman–Crippen LogP) is 3.94. The van der Waals surface area contributed by atoms with Crippen molar-refractivity contribution in [3.8, 4) is 5.75 Å². The SMILES string of the molecule is CCNC(=NCc1cccc(OC)c1)NCc1ccc(C)s1.I. The maximum atomic E-state index is 5.24. The van der Waals surface area contributed by atoms with E-state index in [9.17, 15) is 0 Å². The van der Waals surface area contributed by atoms with Gasteiger partial charge >= 0.3 is 0 Å². The van der Waals surface area contributed by atoms with E-state index in [2.05, 4.69) is 47.7 Å². The number of methoxy groups -OCH3 is 1. The van der Waals surface area contributed by atoms with Gasteiger partial charge in [0.05, 0.1) is 20.2 Å². The molecule has 0 radical (unpaired) electrons. The van der Waals surface area contributed by atoms with Crippen LogP contribution in [0.1, 0.15) is 22.2 Å². The largest absolute Gasteiger partial charge is 0.497 e. The Morgan fingerprint density at radius 1 is 1.22 bits per heavy atom. The van der Waals surface area contributed by atoms with Gasteiger partial charge in [0.25, 0.3) is 0 Å². The third-order valence-electron chi connectivity index (χ3n) is 3.12. The summed E-state index contributed by atoms with van der Waals surface area (Å²) in [5.74, 6) is 1.69. The topological polar surface area (TPSA) is 45.7 Å². The molecule has 1 aromatic heterocycles. The summed E-state index contributed by atoms with van der Waals surface area (Å²) in [4.78, 5) is 7.26. The lowest BCUT2D eigenvalue weighted by atomic mass is 10.2. The fourth-order valence-corrected chi connectivity index (χ4v) is 2.86. The average molecular weight is 445 g/mol. The smallest absolute Gasteiger partial charge is 0.191 e. The van der Waals surface area contributed by atoms with Gasteiger partial charge in [-0.15, -0.1) is 35.3 Å². The molecule has 2 rings (SSSR count). The lowest BCUT2D eigenvalue weighted by Crippen LogP contribution is -2.36. The summed E-state index contributed by atoms with van der Waals surface area (Å²) in [7, 11) is 1.68. The Kier molecular flexibility index (Phi) is 9.01. The fraction of sp³-hybridized carbons (Fsp3) is 0.353. The van der Waals surface area contributed by atoms with Crippen LogP contribution in [0.4, 0.5) is 0 Å². The van der Waals surface area contributed by atoms with Gasteiger partial charge in [0.1, 0.15) is 5.75 Å². The minimum atomic E-state index is 0. The van der Waals surface area contributed by atoms with Crippen molar-refractivity contribution in [2.45, 2.75) is 26.9 Å². The molecular formula is C17H24IN3OS. The third-order valence-corrected chi connectivity index (χ3v) is 4.12. The van der Waals surface area contributed by atoms with Crippen molar-refractivity contribution >= 4 is 41.3 Å². The van der Waals surface area contributed by atoms with Crippen molar-refractivity contribution in [3.63, 3.8) is 0 Å². The molecule has 1 aromatic carbocycles. The number of benzene rings is 1. The number of hydrogen-bond acceptors (Lipinski definition) is 3. The number of hydrogen-bond donors (Lipinski definition) is 2. The van der Waals surface area contributed by atoms with E-state index < -0.39 is 0 Å². The van der Waals surface area contributed by atoms with Gasteiger partial charge in [-0.1, -0.05) is 12.1 Å². The normalized spacial score (nSPS) is 10.8. The van der Waals surface area contributed by atoms with Crippen molar-refractivity contribution in [3.05, 3.63) is 51.7 Å². The molecule has 1 heterocycles. The Hall–Kier alpha value is -1.28. The van der Waals surface area contributed by atoms with Crippen molar-refractivity contribution in [2.75, 3.05) is 13.7 Å². The summed E-state index contributed by atoms with van der Waals surface area (Å²) in [6.07, 6.45) is 0. The first-order chi connectivity index (χ1) is 10.7. The van der Waals surface area contributed by atoms with Gasteiger partial charge in [-0.2, -0.15) is 0 Å². The van der Waals surface area contributed by atoms with Crippen molar-refractivity contribution < 1.29 is 4.74 Å². The summed E-state index contributed by atoms with van der Waals surface area (Å²) in [5.41, 5.74) is 1.13. The number of rotatable bonds is 6. The number of halogens is 1. The molecule has 0 fully saturated rings. The number of aryl methyl sites for hydroxylation is 1. The number of guanidine groups is 1. The van der Waals surface area contributed by atoms with Crippen LogP contribution in [0.3, 0.4) is 0 Å². The van der Waals surface area contributed by atoms with Crippen molar-refractivity contribution in [1.29, 1.82) is 0 Å². The summed E-state index contributed by atoms with van der Waals surface area (Å²) in [5, 5.41) is 6.64. The molecule has 6 heteroatoms. The van der Waals surface area contributed by atoms with Crippen LogP contribution in [0, 0.1) is 6.92 Å². The number of ether oxygens (including phenoxy) is 1. The first-order valence-corrected chi connectivity index (χ1v) is 8.23. The lowest BCUT2D eigenvalue weighted by molar-refractivity contribution is 0.414. The first-order valence-electron chi connectivity index (χ1n) is 7.41. The zero-order chi connectivity index (χ0) is 15.8. The Labute approximate surface area is 159 Å². The first kappa shape index (κ1) is 19.8. The van der Waals surface area contributed by atoms with Crippen LogP contribution in [-0.4, -0.2) is 19.6 Å². The molecule has 4 nitrogen and oxygen atoms in total. The van der Waals surface area contributed by atoms with E-state index in [-0.39, 0.29) is 24.0 Å². The van der Waals surface area contributed by atoms with Crippen molar-refractivity contribution in [2.24, 2.45) is 4.99 Å². The third kappa shape index (κ3) is 6.78. The van der Waals surface area contributed by atoms with Gasteiger partial charge in [0, 0.05) is 16.3 Å². The summed E-state index contributed by atoms with van der Waals surface area (Å²) < 4.78 is 5.24. The highest BCUT2D eigenvalue weighted by Crippen LogP contribution is 2.15. The maximum Gasteiger partial charge on any atom is 0.191 e. The Morgan fingerprint density at radius 3 is 2.70 bits per heavy atom. The minimum absolute atomic E-state index is 0. The zero-order valence-electron chi connectivity index (χ0n) is 13.8. The molecule has 0 aliphatic carbocycles. The quantitative estimate of drug-likeness (QED) is 0.402. The van der Waals surface area contributed by atoms with E-state index >= 15 is 0 Å². The number of nitrogens with zero attached hydrogens (tertiary/aromatic N) is 1. The Balaban J connectivity index is 0.00000264. The van der Waals surface area contributed by atoms with Gasteiger partial charge in [-0.05, 0) is 43.7 Å². The van der Waals surface area contributed by atoms with Gasteiger partial charge in [0.15, 0.2) is 5.96 Å². The number of thiophene rings is 1. The van der Waals surface area contributed by atoms with Crippen LogP contribution in [0.2, 0.25) is 0 Å². The Morgan fingerprint density at radius 2 is 2.04 bits per heavy atom. The Bertz CT molecular complexity index is 628. The summed E-state index contributed by atoms with van der Waals surface area (Å²) in [6, 6.07) is 12.3. The molecule has 0 aliphatic rings. The van der Waals surface area contributed by atoms with Crippen molar-refractivity contribution in [1.82, 2.24) is 10.6 Å². The maximum absolute atomic E-state index is 5.24. The second kappa shape index (κ2) is 10.5. The molecule has 0 spiro atoms. The molecule has 0 atom stereocenters. The van der Waals surface area contributed by atoms with E-state index in [1.54, 1.807) is 18.4 Å². The van der Waals surface area contributed by atoms with Gasteiger partial charge < -0.3 is 15.4 Å². The number of aliphatic imine (C=N–C) groups is 1. The van der Waals surface area contributed by atoms with Crippen LogP contribution >= 0.6 is 35.3 Å². The molecule has 126 valence electrons. The minimum Gasteiger partial charge on any atom is -0.497 e. The highest BCUT2D eigenvalue weighted by atomic mass is 127. The van der Waals surface area contributed by atoms with Gasteiger partial charge in [0.2, 0.25) is 0 Å². The molecule has 23 heavy (non-hydrogen) atoms. The average Bonchev–Trinajstić information content (AvgIpc) is 2.96. The second-order valence-corrected chi connectivity index (χ2v) is 6.29. The monoisotopic (exact) mass is 445 g/mol. The lowest BCUT2D eigenvalue weighted by Gasteiger charge is -2.10. The van der Waals surface area contributed by atoms with Gasteiger partial charge in [-0.25, -0.2) is 4.99 Å².